The molecule has 0 radical (unpaired) electrons. The fourth-order valence-electron chi connectivity index (χ4n) is 10.4. The number of nitrogens with zero attached hydrogens (tertiary/aromatic N) is 2. The predicted molar refractivity (Wildman–Crippen MR) is 321 cm³/mol. The van der Waals surface area contributed by atoms with Crippen LogP contribution in [0.4, 0.5) is 0 Å². The lowest BCUT2D eigenvalue weighted by molar-refractivity contribution is -0.149. The van der Waals surface area contributed by atoms with Crippen molar-refractivity contribution in [3.8, 4) is 0 Å². The van der Waals surface area contributed by atoms with Gasteiger partial charge in [-0.05, 0) is 77.6 Å². The van der Waals surface area contributed by atoms with Crippen LogP contribution in [0.25, 0.3) is 0 Å². The highest BCUT2D eigenvalue weighted by molar-refractivity contribution is 6.01. The fourth-order valence-corrected chi connectivity index (χ4v) is 10.4. The summed E-state index contributed by atoms with van der Waals surface area (Å²) in [4.78, 5) is 219. The van der Waals surface area contributed by atoms with Crippen molar-refractivity contribution in [3.05, 3.63) is 12.2 Å². The summed E-state index contributed by atoms with van der Waals surface area (Å²) in [5.41, 5.74) is 11.7. The normalized spacial score (nSPS) is 25.3. The number of hydrogen-bond donors (Lipinski definition) is 15. The molecule has 33 heteroatoms. The van der Waals surface area contributed by atoms with Crippen molar-refractivity contribution in [3.63, 3.8) is 0 Å². The minimum atomic E-state index is -2.13. The number of carbonyl (C=O) groups excluding carboxylic acids is 13. The molecule has 0 aliphatic carbocycles. The first kappa shape index (κ1) is 76.5. The number of aliphatic carboxylic acids is 3. The lowest BCUT2D eigenvalue weighted by Crippen LogP contribution is -2.66. The van der Waals surface area contributed by atoms with Crippen molar-refractivity contribution < 1.29 is 92.0 Å². The van der Waals surface area contributed by atoms with Crippen LogP contribution in [0.2, 0.25) is 0 Å². The molecule has 33 nitrogen and oxygen atoms in total. The van der Waals surface area contributed by atoms with E-state index in [9.17, 15) is 87.2 Å². The number of nitrogens with two attached hydrogens (primary N) is 2. The van der Waals surface area contributed by atoms with Crippen molar-refractivity contribution in [2.45, 2.75) is 211 Å². The van der Waals surface area contributed by atoms with Gasteiger partial charge < -0.3 is 89.8 Å². The molecule has 0 spiro atoms. The van der Waals surface area contributed by atoms with Crippen LogP contribution in [0.1, 0.15) is 145 Å². The summed E-state index contributed by atoms with van der Waals surface area (Å²) < 4.78 is 0. The average Bonchev–Trinajstić information content (AvgIpc) is 1.87. The smallest absolute Gasteiger partial charge is 0.308 e. The predicted octanol–water partition coefficient (Wildman–Crippen LogP) is -4.01. The van der Waals surface area contributed by atoms with Crippen molar-refractivity contribution in [1.82, 2.24) is 63.0 Å². The molecule has 0 aromatic rings. The lowest BCUT2D eigenvalue weighted by atomic mass is 9.96. The van der Waals surface area contributed by atoms with E-state index in [0.29, 0.717) is 12.3 Å². The van der Waals surface area contributed by atoms with E-state index in [1.165, 1.54) is 18.7 Å². The van der Waals surface area contributed by atoms with E-state index in [-0.39, 0.29) is 51.6 Å². The molecule has 508 valence electrons. The topological polar surface area (TPSA) is 513 Å². The van der Waals surface area contributed by atoms with Crippen LogP contribution in [0.15, 0.2) is 12.2 Å². The van der Waals surface area contributed by atoms with Gasteiger partial charge in [-0.3, -0.25) is 76.7 Å². The summed E-state index contributed by atoms with van der Waals surface area (Å²) in [6, 6.07) is -18.3. The fraction of sp³-hybridized carbons (Fsp3) is 0.690. The van der Waals surface area contributed by atoms with Crippen molar-refractivity contribution in [2.75, 3.05) is 26.2 Å². The van der Waals surface area contributed by atoms with Gasteiger partial charge >= 0.3 is 17.9 Å². The van der Waals surface area contributed by atoms with Gasteiger partial charge in [0.05, 0.1) is 44.3 Å². The maximum absolute atomic E-state index is 15.2. The summed E-state index contributed by atoms with van der Waals surface area (Å²) in [6.07, 6.45) is 6.48. The lowest BCUT2D eigenvalue weighted by Gasteiger charge is -2.39. The molecule has 3 saturated heterocycles. The number of hydrogen-bond acceptors (Lipinski definition) is 17. The largest absolute Gasteiger partial charge is 0.481 e. The molecular formula is C58H92N14O19. The Morgan fingerprint density at radius 1 is 0.604 bits per heavy atom. The van der Waals surface area contributed by atoms with Crippen LogP contribution >= 0.6 is 0 Å². The first-order chi connectivity index (χ1) is 42.7. The summed E-state index contributed by atoms with van der Waals surface area (Å²) in [7, 11) is 0. The van der Waals surface area contributed by atoms with E-state index in [1.54, 1.807) is 26.0 Å². The number of amides is 13. The highest BCUT2D eigenvalue weighted by Crippen LogP contribution is 2.24. The number of rotatable bonds is 22. The molecule has 0 bridgehead atoms. The highest BCUT2D eigenvalue weighted by Gasteiger charge is 2.45. The SMILES string of the molecule is CC(C)CCCCCCC=CCC(=O)NC(CC(N)=O)C(=O)NC1C(=O)N2CCCCC2C(=O)NC(C(C)C(=O)O)C(=O)NC(CC(=O)O)C(=O)NCC(=O)NC(CC(=O)O)C(=O)NCC(=O)NC(C(C)N)C(=O)NC(C(C)C)C(=O)N2CCCC2C(=O)NC1C. The number of carboxylic acids is 3. The monoisotopic (exact) mass is 1290 g/mol. The summed E-state index contributed by atoms with van der Waals surface area (Å²) in [5, 5.41) is 52.5. The minimum Gasteiger partial charge on any atom is -0.481 e. The molecule has 13 amide bonds. The Morgan fingerprint density at radius 2 is 1.13 bits per heavy atom. The second-order valence-electron chi connectivity index (χ2n) is 23.9. The van der Waals surface area contributed by atoms with Gasteiger partial charge in [-0.25, -0.2) is 0 Å². The van der Waals surface area contributed by atoms with Gasteiger partial charge in [-0.1, -0.05) is 65.5 Å². The molecular weight excluding hydrogens is 1200 g/mol. The van der Waals surface area contributed by atoms with Crippen molar-refractivity contribution in [1.29, 1.82) is 0 Å². The number of fused-ring (bicyclic) bond motifs is 2. The number of carbonyl (C=O) groups is 16. The number of piperidine rings is 1. The van der Waals surface area contributed by atoms with Crippen LogP contribution in [0.5, 0.6) is 0 Å². The maximum Gasteiger partial charge on any atom is 0.308 e. The Bertz CT molecular complexity index is 2710. The molecule has 3 rings (SSSR count). The number of carboxylic acid groups (broad SMARTS) is 3. The number of primary amides is 1. The maximum atomic E-state index is 15.2. The van der Waals surface area contributed by atoms with E-state index in [4.69, 9.17) is 11.5 Å². The Balaban J connectivity index is 2.17. The Labute approximate surface area is 526 Å². The number of nitrogens with one attached hydrogen (secondary N) is 10. The molecule has 3 heterocycles. The van der Waals surface area contributed by atoms with Crippen LogP contribution < -0.4 is 64.6 Å². The number of unbranched alkanes of at least 4 members (excludes halogenated alkanes) is 4. The van der Waals surface area contributed by atoms with Gasteiger partial charge in [0.1, 0.15) is 54.4 Å². The van der Waals surface area contributed by atoms with E-state index < -0.39 is 205 Å². The number of allylic oxidation sites excluding steroid dienone is 1. The first-order valence-electron chi connectivity index (χ1n) is 30.7. The third kappa shape index (κ3) is 25.2. The zero-order valence-electron chi connectivity index (χ0n) is 52.6. The standard InChI is InChI=1S/C58H92N14O19/c1-29(2)18-13-11-9-8-10-12-14-21-40(74)64-34(24-39(60)73)51(83)70-48-33(7)63-52(84)38-20-17-23-72(38)56(88)45(30(3)4)68-55(87)47(32(6)59)67-42(76)28-62-49(81)35(25-43(77)78)65-41(75)27-61-50(82)36(26-44(79)80)66-54(86)46(31(5)58(90)91)69-53(85)37-19-15-16-22-71(37)57(48)89/h12,14,29-38,45-48H,8-11,13,15-28,59H2,1-7H3,(H2,60,73)(H,61,82)(H,62,81)(H,63,84)(H,64,74)(H,65,75)(H,66,86)(H,67,76)(H,68,87)(H,69,85)(H,70,83)(H,77,78)(H,79,80)(H,90,91). The zero-order chi connectivity index (χ0) is 68.4. The van der Waals surface area contributed by atoms with Crippen LogP contribution in [0.3, 0.4) is 0 Å². The van der Waals surface area contributed by atoms with Gasteiger partial charge in [0, 0.05) is 25.6 Å². The highest BCUT2D eigenvalue weighted by atomic mass is 16.4. The summed E-state index contributed by atoms with van der Waals surface area (Å²) in [6.45, 7) is 8.76. The minimum absolute atomic E-state index is 0.0286. The van der Waals surface area contributed by atoms with Gasteiger partial charge in [-0.2, -0.15) is 0 Å². The molecule has 3 aliphatic heterocycles. The van der Waals surface area contributed by atoms with Crippen LogP contribution in [-0.2, 0) is 76.7 Å². The molecule has 3 fully saturated rings. The molecule has 0 aromatic carbocycles. The third-order valence-electron chi connectivity index (χ3n) is 15.5. The van der Waals surface area contributed by atoms with E-state index in [2.05, 4.69) is 56.4 Å². The zero-order valence-corrected chi connectivity index (χ0v) is 52.6. The van der Waals surface area contributed by atoms with Crippen molar-refractivity contribution >= 4 is 94.7 Å². The second kappa shape index (κ2) is 37.4. The van der Waals surface area contributed by atoms with Gasteiger partial charge in [0.25, 0.3) is 0 Å². The van der Waals surface area contributed by atoms with Crippen molar-refractivity contribution in [2.24, 2.45) is 29.2 Å². The molecule has 12 atom stereocenters. The van der Waals surface area contributed by atoms with E-state index in [1.807, 2.05) is 10.6 Å². The van der Waals surface area contributed by atoms with E-state index >= 15 is 4.79 Å². The summed E-state index contributed by atoms with van der Waals surface area (Å²) in [5.74, 6) is -21.1. The molecule has 0 aromatic heterocycles. The quantitative estimate of drug-likeness (QED) is 0.0363. The molecule has 12 unspecified atom stereocenters. The Morgan fingerprint density at radius 3 is 1.69 bits per heavy atom. The third-order valence-corrected chi connectivity index (χ3v) is 15.5. The summed E-state index contributed by atoms with van der Waals surface area (Å²) >= 11 is 0. The van der Waals surface area contributed by atoms with Gasteiger partial charge in [0.2, 0.25) is 76.8 Å². The molecule has 3 aliphatic rings. The van der Waals surface area contributed by atoms with Crippen LogP contribution in [0, 0.1) is 17.8 Å². The average molecular weight is 1290 g/mol. The van der Waals surface area contributed by atoms with Gasteiger partial charge in [-0.15, -0.1) is 0 Å². The molecule has 91 heavy (non-hydrogen) atoms. The second-order valence-corrected chi connectivity index (χ2v) is 23.9. The Hall–Kier alpha value is -8.78. The first-order valence-corrected chi connectivity index (χ1v) is 30.7. The van der Waals surface area contributed by atoms with Gasteiger partial charge in [0.15, 0.2) is 0 Å². The van der Waals surface area contributed by atoms with Crippen LogP contribution in [-0.4, -0.2) is 212 Å². The Kier molecular flexibility index (Phi) is 31.4. The molecule has 0 saturated carbocycles. The molecule has 17 N–H and O–H groups in total. The van der Waals surface area contributed by atoms with E-state index in [0.717, 1.165) is 43.9 Å².